The lowest BCUT2D eigenvalue weighted by atomic mass is 9.82. The quantitative estimate of drug-likeness (QED) is 0.315. The molecule has 2 aliphatic rings. The van der Waals surface area contributed by atoms with E-state index in [0.29, 0.717) is 32.4 Å². The molecule has 42 heavy (non-hydrogen) atoms. The maximum Gasteiger partial charge on any atom is 0.451 e. The molecule has 4 aromatic rings. The Morgan fingerprint density at radius 2 is 2.00 bits per heavy atom. The van der Waals surface area contributed by atoms with Gasteiger partial charge in [-0.25, -0.2) is 15.0 Å². The minimum atomic E-state index is -4.72. The Morgan fingerprint density at radius 3 is 2.71 bits per heavy atom. The Morgan fingerprint density at radius 1 is 1.21 bits per heavy atom. The van der Waals surface area contributed by atoms with Crippen molar-refractivity contribution in [2.45, 2.75) is 68.8 Å². The van der Waals surface area contributed by atoms with Gasteiger partial charge in [-0.2, -0.15) is 28.5 Å². The summed E-state index contributed by atoms with van der Waals surface area (Å²) in [6.45, 7) is 2.60. The molecule has 0 bridgehead atoms. The van der Waals surface area contributed by atoms with Gasteiger partial charge in [-0.3, -0.25) is 9.58 Å². The lowest BCUT2D eigenvalue weighted by Crippen LogP contribution is -2.65. The monoisotopic (exact) mass is 581 g/mol. The van der Waals surface area contributed by atoms with E-state index in [1.54, 1.807) is 13.1 Å². The van der Waals surface area contributed by atoms with Gasteiger partial charge in [0.2, 0.25) is 11.7 Å². The summed E-state index contributed by atoms with van der Waals surface area (Å²) in [5.74, 6) is -1.96. The third-order valence-corrected chi connectivity index (χ3v) is 8.30. The number of aromatic nitrogens is 7. The zero-order valence-corrected chi connectivity index (χ0v) is 22.9. The Balaban J connectivity index is 1.10. The summed E-state index contributed by atoms with van der Waals surface area (Å²) in [5, 5.41) is 24.6. The van der Waals surface area contributed by atoms with Crippen molar-refractivity contribution >= 4 is 11.0 Å². The van der Waals surface area contributed by atoms with Crippen LogP contribution in [-0.2, 0) is 11.7 Å². The maximum absolute atomic E-state index is 13.4. The van der Waals surface area contributed by atoms with Crippen molar-refractivity contribution in [2.75, 3.05) is 19.7 Å². The number of alkyl halides is 3. The fourth-order valence-corrected chi connectivity index (χ4v) is 5.93. The third-order valence-electron chi connectivity index (χ3n) is 8.30. The fraction of sp³-hybridized carbons (Fsp3) is 0.500. The molecule has 0 radical (unpaired) electrons. The molecule has 1 aliphatic carbocycles. The van der Waals surface area contributed by atoms with Gasteiger partial charge in [-0.1, -0.05) is 6.92 Å². The highest BCUT2D eigenvalue weighted by atomic mass is 19.4. The number of likely N-dealkylation sites (tertiary alicyclic amines) is 1. The lowest BCUT2D eigenvalue weighted by Gasteiger charge is -2.53. The Bertz CT molecular complexity index is 1600. The van der Waals surface area contributed by atoms with Crippen LogP contribution in [0, 0.1) is 11.3 Å². The second-order valence-corrected chi connectivity index (χ2v) is 11.2. The number of aromatic amines is 1. The van der Waals surface area contributed by atoms with Gasteiger partial charge in [0.15, 0.2) is 0 Å². The Hall–Kier alpha value is -4.09. The molecule has 6 rings (SSSR count). The number of aliphatic hydroxyl groups excluding tert-OH is 1. The third kappa shape index (κ3) is 5.30. The van der Waals surface area contributed by atoms with Crippen molar-refractivity contribution < 1.29 is 23.0 Å². The number of rotatable bonds is 8. The van der Waals surface area contributed by atoms with Crippen LogP contribution in [0.2, 0.25) is 0 Å². The summed E-state index contributed by atoms with van der Waals surface area (Å²) in [6, 6.07) is 5.91. The predicted octanol–water partition coefficient (Wildman–Crippen LogP) is 4.04. The molecule has 1 aliphatic heterocycles. The first-order chi connectivity index (χ1) is 20.2. The molecule has 11 nitrogen and oxygen atoms in total. The zero-order chi connectivity index (χ0) is 29.5. The van der Waals surface area contributed by atoms with Gasteiger partial charge in [0, 0.05) is 54.5 Å². The van der Waals surface area contributed by atoms with Gasteiger partial charge in [-0.05, 0) is 31.7 Å². The average molecular weight is 582 g/mol. The van der Waals surface area contributed by atoms with Crippen LogP contribution in [0.4, 0.5) is 13.2 Å². The van der Waals surface area contributed by atoms with E-state index in [1.807, 2.05) is 23.1 Å². The number of fused-ring (bicyclic) bond motifs is 1. The smallest absolute Gasteiger partial charge is 0.451 e. The van der Waals surface area contributed by atoms with E-state index in [-0.39, 0.29) is 30.3 Å². The molecule has 220 valence electrons. The van der Waals surface area contributed by atoms with Crippen molar-refractivity contribution in [1.29, 1.82) is 5.26 Å². The fourth-order valence-electron chi connectivity index (χ4n) is 5.93. The van der Waals surface area contributed by atoms with Crippen molar-refractivity contribution in [3.8, 4) is 23.2 Å². The van der Waals surface area contributed by atoms with Gasteiger partial charge in [-0.15, -0.1) is 0 Å². The topological polar surface area (TPSA) is 142 Å². The van der Waals surface area contributed by atoms with Gasteiger partial charge >= 0.3 is 6.18 Å². The maximum atomic E-state index is 13.4. The number of H-pyrrole nitrogens is 1. The summed E-state index contributed by atoms with van der Waals surface area (Å²) in [4.78, 5) is 21.3. The largest absolute Gasteiger partial charge is 0.474 e. The number of nitrogens with zero attached hydrogens (tertiary/aromatic N) is 8. The molecule has 0 amide bonds. The molecule has 1 atom stereocenters. The van der Waals surface area contributed by atoms with Crippen LogP contribution in [0.1, 0.15) is 56.5 Å². The van der Waals surface area contributed by atoms with E-state index in [2.05, 4.69) is 41.0 Å². The Labute approximate surface area is 239 Å². The first-order valence-electron chi connectivity index (χ1n) is 13.9. The van der Waals surface area contributed by atoms with E-state index in [0.717, 1.165) is 35.1 Å². The van der Waals surface area contributed by atoms with E-state index in [4.69, 9.17) is 4.74 Å². The number of hydrogen-bond acceptors (Lipinski definition) is 9. The summed E-state index contributed by atoms with van der Waals surface area (Å²) in [7, 11) is 0. The number of nitrogens with one attached hydrogen (secondary N) is 1. The van der Waals surface area contributed by atoms with Gasteiger partial charge in [0.25, 0.3) is 0 Å². The summed E-state index contributed by atoms with van der Waals surface area (Å²) in [6.07, 6.45) is 5.30. The van der Waals surface area contributed by atoms with Crippen LogP contribution >= 0.6 is 0 Å². The van der Waals surface area contributed by atoms with E-state index < -0.39 is 23.5 Å². The standard InChI is InChI=1S/C28H30F3N9O2/c1-17(13-41)22-10-23(38-26(37-22)28(29,30)31)42-20-4-2-19(3-5-20)39-14-27(15-39,7-8-32)40-12-18(11-36-40)24-21-6-9-33-25(21)35-16-34-24/h6,9-12,16-17,19-20,41H,2-5,7,13-15H2,1H3,(H,33,34,35). The molecule has 1 saturated carbocycles. The van der Waals surface area contributed by atoms with Crippen LogP contribution in [0.3, 0.4) is 0 Å². The van der Waals surface area contributed by atoms with E-state index in [9.17, 15) is 23.5 Å². The molecular weight excluding hydrogens is 551 g/mol. The number of nitriles is 1. The highest BCUT2D eigenvalue weighted by Crippen LogP contribution is 2.39. The minimum Gasteiger partial charge on any atom is -0.474 e. The van der Waals surface area contributed by atoms with Gasteiger partial charge < -0.3 is 14.8 Å². The van der Waals surface area contributed by atoms with E-state index in [1.165, 1.54) is 12.4 Å². The first kappa shape index (κ1) is 28.0. The van der Waals surface area contributed by atoms with Crippen LogP contribution < -0.4 is 4.74 Å². The van der Waals surface area contributed by atoms with Crippen LogP contribution in [0.15, 0.2) is 37.1 Å². The van der Waals surface area contributed by atoms with Crippen LogP contribution in [-0.4, -0.2) is 76.5 Å². The van der Waals surface area contributed by atoms with E-state index >= 15 is 0 Å². The van der Waals surface area contributed by atoms with Crippen molar-refractivity contribution in [1.82, 2.24) is 39.6 Å². The summed E-state index contributed by atoms with van der Waals surface area (Å²) >= 11 is 0. The molecule has 2 N–H and O–H groups in total. The highest BCUT2D eigenvalue weighted by molar-refractivity contribution is 5.90. The number of ether oxygens (including phenoxy) is 1. The van der Waals surface area contributed by atoms with Crippen molar-refractivity contribution in [3.63, 3.8) is 0 Å². The Kier molecular flexibility index (Phi) is 7.32. The van der Waals surface area contributed by atoms with Crippen LogP contribution in [0.25, 0.3) is 22.3 Å². The second kappa shape index (κ2) is 11.0. The summed E-state index contributed by atoms with van der Waals surface area (Å²) < 4.78 is 47.9. The van der Waals surface area contributed by atoms with Gasteiger partial charge in [0.1, 0.15) is 23.6 Å². The summed E-state index contributed by atoms with van der Waals surface area (Å²) in [5.41, 5.74) is 2.02. The molecular formula is C28H30F3N9O2. The van der Waals surface area contributed by atoms with Crippen LogP contribution in [0.5, 0.6) is 5.88 Å². The molecule has 14 heteroatoms. The van der Waals surface area contributed by atoms with Crippen molar-refractivity contribution in [3.05, 3.63) is 48.6 Å². The number of aliphatic hydroxyl groups is 1. The van der Waals surface area contributed by atoms with Gasteiger partial charge in [0.05, 0.1) is 36.7 Å². The number of hydrogen-bond donors (Lipinski definition) is 2. The highest BCUT2D eigenvalue weighted by Gasteiger charge is 2.48. The zero-order valence-electron chi connectivity index (χ0n) is 22.9. The molecule has 0 aromatic carbocycles. The first-order valence-corrected chi connectivity index (χ1v) is 13.9. The van der Waals surface area contributed by atoms with Crippen molar-refractivity contribution in [2.24, 2.45) is 0 Å². The molecule has 2 fully saturated rings. The molecule has 5 heterocycles. The normalized spacial score (nSPS) is 21.5. The SMILES string of the molecule is CC(CO)c1cc(OC2CCC(N3CC(CC#N)(n4cc(-c5ncnc6[nH]ccc56)cn4)C3)CC2)nc(C(F)(F)F)n1. The molecule has 1 unspecified atom stereocenters. The molecule has 4 aromatic heterocycles. The lowest BCUT2D eigenvalue weighted by molar-refractivity contribution is -0.145. The average Bonchev–Trinajstić information content (AvgIpc) is 3.65. The predicted molar refractivity (Wildman–Crippen MR) is 144 cm³/mol. The second-order valence-electron chi connectivity index (χ2n) is 11.2. The number of halogens is 3. The molecule has 1 saturated heterocycles. The molecule has 0 spiro atoms. The minimum absolute atomic E-state index is 0.0944.